The van der Waals surface area contributed by atoms with Crippen molar-refractivity contribution in [3.8, 4) is 22.6 Å². The maximum absolute atomic E-state index is 12.7. The van der Waals surface area contributed by atoms with Crippen molar-refractivity contribution in [1.29, 1.82) is 0 Å². The molecule has 162 valence electrons. The lowest BCUT2D eigenvalue weighted by molar-refractivity contribution is -0.118. The van der Waals surface area contributed by atoms with Crippen LogP contribution in [-0.2, 0) is 16.0 Å². The molecule has 3 rings (SSSR count). The predicted molar refractivity (Wildman–Crippen MR) is 122 cm³/mol. The number of ether oxygens (including phenoxy) is 3. The van der Waals surface area contributed by atoms with Crippen LogP contribution >= 0.6 is 11.3 Å². The molecule has 0 aliphatic rings. The minimum Gasteiger partial charge on any atom is -0.497 e. The summed E-state index contributed by atoms with van der Waals surface area (Å²) in [5.74, 6) is 0.416. The number of esters is 1. The fourth-order valence-corrected chi connectivity index (χ4v) is 3.95. The smallest absolute Gasteiger partial charge is 0.341 e. The molecule has 1 heterocycles. The monoisotopic (exact) mass is 439 g/mol. The van der Waals surface area contributed by atoms with Gasteiger partial charge in [-0.1, -0.05) is 31.2 Å². The summed E-state index contributed by atoms with van der Waals surface area (Å²) in [7, 11) is 1.58. The van der Waals surface area contributed by atoms with E-state index in [9.17, 15) is 9.59 Å². The number of amides is 1. The van der Waals surface area contributed by atoms with Gasteiger partial charge in [0.1, 0.15) is 22.1 Å². The van der Waals surface area contributed by atoms with Crippen molar-refractivity contribution < 1.29 is 23.8 Å². The molecule has 0 bridgehead atoms. The summed E-state index contributed by atoms with van der Waals surface area (Å²) < 4.78 is 15.9. The van der Waals surface area contributed by atoms with Gasteiger partial charge in [0.25, 0.3) is 5.91 Å². The molecule has 0 spiro atoms. The number of methoxy groups -OCH3 is 1. The fourth-order valence-electron chi connectivity index (χ4n) is 2.97. The third-order valence-corrected chi connectivity index (χ3v) is 5.52. The lowest BCUT2D eigenvalue weighted by Gasteiger charge is -2.10. The largest absolute Gasteiger partial charge is 0.497 e. The quantitative estimate of drug-likeness (QED) is 0.465. The fraction of sp³-hybridized carbons (Fsp3) is 0.250. The van der Waals surface area contributed by atoms with Gasteiger partial charge in [0, 0.05) is 10.9 Å². The SMILES string of the molecule is CCOC(=O)c1c(-c2ccc(CC)cc2)csc1NC(=O)COc1ccc(OC)cc1. The Balaban J connectivity index is 1.76. The van der Waals surface area contributed by atoms with Gasteiger partial charge < -0.3 is 19.5 Å². The van der Waals surface area contributed by atoms with Crippen molar-refractivity contribution in [3.63, 3.8) is 0 Å². The number of hydrogen-bond donors (Lipinski definition) is 1. The van der Waals surface area contributed by atoms with E-state index in [1.807, 2.05) is 29.6 Å². The van der Waals surface area contributed by atoms with Crippen LogP contribution < -0.4 is 14.8 Å². The van der Waals surface area contributed by atoms with Crippen LogP contribution in [0.5, 0.6) is 11.5 Å². The lowest BCUT2D eigenvalue weighted by atomic mass is 10.0. The Morgan fingerprint density at radius 3 is 2.26 bits per heavy atom. The highest BCUT2D eigenvalue weighted by atomic mass is 32.1. The van der Waals surface area contributed by atoms with Gasteiger partial charge in [-0.15, -0.1) is 11.3 Å². The number of nitrogens with one attached hydrogen (secondary N) is 1. The van der Waals surface area contributed by atoms with Crippen LogP contribution in [0.2, 0.25) is 0 Å². The van der Waals surface area contributed by atoms with Crippen molar-refractivity contribution in [2.45, 2.75) is 20.3 Å². The van der Waals surface area contributed by atoms with E-state index in [4.69, 9.17) is 14.2 Å². The number of hydrogen-bond acceptors (Lipinski definition) is 6. The summed E-state index contributed by atoms with van der Waals surface area (Å²) in [6.07, 6.45) is 0.935. The Hall–Kier alpha value is -3.32. The first kappa shape index (κ1) is 22.4. The molecule has 0 saturated carbocycles. The van der Waals surface area contributed by atoms with E-state index in [1.165, 1.54) is 16.9 Å². The third kappa shape index (κ3) is 5.64. The zero-order valence-electron chi connectivity index (χ0n) is 17.8. The molecule has 0 aliphatic heterocycles. The first-order valence-corrected chi connectivity index (χ1v) is 10.9. The van der Waals surface area contributed by atoms with Gasteiger partial charge in [0.05, 0.1) is 13.7 Å². The molecule has 1 N–H and O–H groups in total. The minimum absolute atomic E-state index is 0.187. The minimum atomic E-state index is -0.468. The van der Waals surface area contributed by atoms with E-state index in [0.29, 0.717) is 22.1 Å². The number of thiophene rings is 1. The van der Waals surface area contributed by atoms with E-state index in [0.717, 1.165) is 17.5 Å². The molecular weight excluding hydrogens is 414 g/mol. The van der Waals surface area contributed by atoms with Gasteiger partial charge in [-0.3, -0.25) is 4.79 Å². The first-order valence-electron chi connectivity index (χ1n) is 10.00. The third-order valence-electron chi connectivity index (χ3n) is 4.63. The van der Waals surface area contributed by atoms with E-state index in [2.05, 4.69) is 12.2 Å². The lowest BCUT2D eigenvalue weighted by Crippen LogP contribution is -2.21. The van der Waals surface area contributed by atoms with Gasteiger partial charge in [-0.25, -0.2) is 4.79 Å². The van der Waals surface area contributed by atoms with Gasteiger partial charge in [-0.05, 0) is 48.7 Å². The second-order valence-electron chi connectivity index (χ2n) is 6.64. The van der Waals surface area contributed by atoms with E-state index < -0.39 is 5.97 Å². The molecular formula is C24H25NO5S. The molecule has 6 nitrogen and oxygen atoms in total. The van der Waals surface area contributed by atoms with E-state index in [1.54, 1.807) is 38.3 Å². The topological polar surface area (TPSA) is 73.9 Å². The van der Waals surface area contributed by atoms with Crippen LogP contribution in [0, 0.1) is 0 Å². The zero-order valence-corrected chi connectivity index (χ0v) is 18.6. The second-order valence-corrected chi connectivity index (χ2v) is 7.52. The van der Waals surface area contributed by atoms with Gasteiger partial charge in [-0.2, -0.15) is 0 Å². The predicted octanol–water partition coefficient (Wildman–Crippen LogP) is 5.18. The summed E-state index contributed by atoms with van der Waals surface area (Å²) in [6.45, 7) is 3.90. The normalized spacial score (nSPS) is 10.4. The van der Waals surface area contributed by atoms with Crippen LogP contribution in [0.15, 0.2) is 53.9 Å². The zero-order chi connectivity index (χ0) is 22.2. The summed E-state index contributed by atoms with van der Waals surface area (Å²) in [5, 5.41) is 5.08. The summed E-state index contributed by atoms with van der Waals surface area (Å²) >= 11 is 1.29. The second kappa shape index (κ2) is 10.6. The Labute approximate surface area is 185 Å². The summed E-state index contributed by atoms with van der Waals surface area (Å²) in [4.78, 5) is 25.1. The molecule has 0 atom stereocenters. The number of carbonyl (C=O) groups excluding carboxylic acids is 2. The number of benzene rings is 2. The molecule has 31 heavy (non-hydrogen) atoms. The number of carbonyl (C=O) groups is 2. The van der Waals surface area contributed by atoms with Crippen molar-refractivity contribution >= 4 is 28.2 Å². The average molecular weight is 440 g/mol. The molecule has 2 aromatic carbocycles. The highest BCUT2D eigenvalue weighted by Crippen LogP contribution is 2.36. The number of rotatable bonds is 9. The van der Waals surface area contributed by atoms with Gasteiger partial charge in [0.2, 0.25) is 0 Å². The average Bonchev–Trinajstić information content (AvgIpc) is 3.21. The Kier molecular flexibility index (Phi) is 7.67. The standard InChI is InChI=1S/C24H25NO5S/c1-4-16-6-8-17(9-7-16)20-15-31-23(22(20)24(27)29-5-2)25-21(26)14-30-19-12-10-18(28-3)11-13-19/h6-13,15H,4-5,14H2,1-3H3,(H,25,26). The van der Waals surface area contributed by atoms with Gasteiger partial charge in [0.15, 0.2) is 6.61 Å². The van der Waals surface area contributed by atoms with Crippen molar-refractivity contribution in [1.82, 2.24) is 0 Å². The Morgan fingerprint density at radius 1 is 0.968 bits per heavy atom. The van der Waals surface area contributed by atoms with Crippen LogP contribution in [0.25, 0.3) is 11.1 Å². The van der Waals surface area contributed by atoms with Crippen LogP contribution in [0.1, 0.15) is 29.8 Å². The van der Waals surface area contributed by atoms with Crippen molar-refractivity contribution in [2.75, 3.05) is 25.6 Å². The van der Waals surface area contributed by atoms with Crippen LogP contribution in [0.3, 0.4) is 0 Å². The summed E-state index contributed by atoms with van der Waals surface area (Å²) in [6, 6.07) is 15.0. The summed E-state index contributed by atoms with van der Waals surface area (Å²) in [5.41, 5.74) is 3.19. The molecule has 3 aromatic rings. The Morgan fingerprint density at radius 2 is 1.65 bits per heavy atom. The highest BCUT2D eigenvalue weighted by molar-refractivity contribution is 7.15. The van der Waals surface area contributed by atoms with E-state index >= 15 is 0 Å². The van der Waals surface area contributed by atoms with E-state index in [-0.39, 0.29) is 19.1 Å². The Bertz CT molecular complexity index is 1030. The highest BCUT2D eigenvalue weighted by Gasteiger charge is 2.23. The molecule has 1 amide bonds. The van der Waals surface area contributed by atoms with Gasteiger partial charge >= 0.3 is 5.97 Å². The molecule has 7 heteroatoms. The van der Waals surface area contributed by atoms with Crippen LogP contribution in [0.4, 0.5) is 5.00 Å². The molecule has 0 radical (unpaired) electrons. The van der Waals surface area contributed by atoms with Crippen molar-refractivity contribution in [3.05, 3.63) is 65.0 Å². The first-order chi connectivity index (χ1) is 15.0. The maximum atomic E-state index is 12.7. The molecule has 0 saturated heterocycles. The number of aryl methyl sites for hydroxylation is 1. The molecule has 0 unspecified atom stereocenters. The number of anilines is 1. The maximum Gasteiger partial charge on any atom is 0.341 e. The molecule has 1 aromatic heterocycles. The van der Waals surface area contributed by atoms with Crippen LogP contribution in [-0.4, -0.2) is 32.2 Å². The molecule has 0 aliphatic carbocycles. The molecule has 0 fully saturated rings. The van der Waals surface area contributed by atoms with Crippen molar-refractivity contribution in [2.24, 2.45) is 0 Å².